The maximum absolute atomic E-state index is 14.5. The number of hydrogen-bond donors (Lipinski definition) is 8. The minimum Gasteiger partial charge on any atom is -0.351 e. The maximum Gasteiger partial charge on any atom is 0.321 e. The molecule has 4 heterocycles. The number of carbonyl (C=O) groups is 8. The van der Waals surface area contributed by atoms with E-state index in [-0.39, 0.29) is 74.0 Å². The number of nitrogens with one attached hydrogen (secondary N) is 8. The van der Waals surface area contributed by atoms with Gasteiger partial charge >= 0.3 is 12.1 Å². The fourth-order valence-corrected chi connectivity index (χ4v) is 11.1. The van der Waals surface area contributed by atoms with Crippen LogP contribution < -0.4 is 42.5 Å². The number of anilines is 2. The van der Waals surface area contributed by atoms with Gasteiger partial charge in [0.05, 0.1) is 25.2 Å². The summed E-state index contributed by atoms with van der Waals surface area (Å²) in [6.07, 6.45) is 4.59. The second-order valence-electron chi connectivity index (χ2n) is 20.8. The van der Waals surface area contributed by atoms with Crippen molar-refractivity contribution in [2.75, 3.05) is 50.9 Å². The summed E-state index contributed by atoms with van der Waals surface area (Å²) in [6.45, 7) is 3.59. The zero-order valence-corrected chi connectivity index (χ0v) is 42.6. The van der Waals surface area contributed by atoms with Crippen LogP contribution in [0.25, 0.3) is 0 Å². The third-order valence-corrected chi connectivity index (χ3v) is 15.9. The normalized spacial score (nSPS) is 28.2. The molecule has 2 aliphatic carbocycles. The van der Waals surface area contributed by atoms with Gasteiger partial charge in [0.15, 0.2) is 0 Å². The van der Waals surface area contributed by atoms with Gasteiger partial charge in [0.1, 0.15) is 24.2 Å². The van der Waals surface area contributed by atoms with Gasteiger partial charge in [-0.25, -0.2) is 9.59 Å². The van der Waals surface area contributed by atoms with Gasteiger partial charge in [-0.2, -0.15) is 0 Å². The number of rotatable bonds is 14. The van der Waals surface area contributed by atoms with Crippen molar-refractivity contribution in [3.63, 3.8) is 0 Å². The lowest BCUT2D eigenvalue weighted by atomic mass is 10.1. The highest BCUT2D eigenvalue weighted by molar-refractivity contribution is 5.97. The third kappa shape index (κ3) is 11.7. The first kappa shape index (κ1) is 51.8. The van der Waals surface area contributed by atoms with Crippen molar-refractivity contribution in [2.24, 2.45) is 0 Å². The Kier molecular flexibility index (Phi) is 15.8. The number of nitrogens with zero attached hydrogens (tertiary/aromatic N) is 4. The molecule has 0 aromatic heterocycles. The molecule has 8 N–H and O–H groups in total. The highest BCUT2D eigenvalue weighted by Crippen LogP contribution is 2.42. The van der Waals surface area contributed by atoms with Crippen LogP contribution in [0.1, 0.15) is 88.2 Å². The monoisotopic (exact) mass is 1010 g/mol. The largest absolute Gasteiger partial charge is 0.351 e. The van der Waals surface area contributed by atoms with Crippen LogP contribution >= 0.6 is 0 Å². The molecule has 4 saturated heterocycles. The van der Waals surface area contributed by atoms with Crippen molar-refractivity contribution >= 4 is 58.9 Å². The van der Waals surface area contributed by atoms with E-state index in [4.69, 9.17) is 0 Å². The fraction of sp³-hybridized carbons (Fsp3) is 0.519. The molecule has 20 heteroatoms. The Morgan fingerprint density at radius 1 is 0.500 bits per heavy atom. The van der Waals surface area contributed by atoms with Gasteiger partial charge in [0, 0.05) is 60.5 Å². The molecular weight excluding hydrogens is 945 g/mol. The van der Waals surface area contributed by atoms with Crippen LogP contribution in [-0.2, 0) is 28.8 Å². The summed E-state index contributed by atoms with van der Waals surface area (Å²) >= 11 is 0. The fourth-order valence-electron chi connectivity index (χ4n) is 11.1. The van der Waals surface area contributed by atoms with Gasteiger partial charge in [0.25, 0.3) is 0 Å². The average molecular weight is 1020 g/mol. The molecule has 6 fully saturated rings. The molecule has 4 aliphatic heterocycles. The summed E-state index contributed by atoms with van der Waals surface area (Å²) < 4.78 is 0. The predicted molar refractivity (Wildman–Crippen MR) is 277 cm³/mol. The topological polar surface area (TPSA) is 246 Å². The third-order valence-electron chi connectivity index (χ3n) is 15.9. The van der Waals surface area contributed by atoms with Crippen molar-refractivity contribution in [3.05, 3.63) is 96.1 Å². The van der Waals surface area contributed by atoms with Crippen LogP contribution in [0.5, 0.6) is 0 Å². The van der Waals surface area contributed by atoms with E-state index < -0.39 is 71.9 Å². The lowest BCUT2D eigenvalue weighted by Crippen LogP contribution is -2.62. The Labute approximate surface area is 431 Å². The number of hydrogen-bond acceptors (Lipinski definition) is 10. The molecule has 0 unspecified atom stereocenters. The minimum atomic E-state index is -1.12. The summed E-state index contributed by atoms with van der Waals surface area (Å²) in [5, 5.41) is 23.7. The van der Waals surface area contributed by atoms with E-state index in [2.05, 4.69) is 66.8 Å². The molecular formula is C54H70N12O8. The van der Waals surface area contributed by atoms with Crippen LogP contribution in [0.15, 0.2) is 84.9 Å². The predicted octanol–water partition coefficient (Wildman–Crippen LogP) is 2.41. The smallest absolute Gasteiger partial charge is 0.321 e. The quantitative estimate of drug-likeness (QED) is 0.117. The highest BCUT2D eigenvalue weighted by Gasteiger charge is 2.50. The van der Waals surface area contributed by atoms with Gasteiger partial charge < -0.3 is 62.1 Å². The molecule has 0 spiro atoms. The van der Waals surface area contributed by atoms with Crippen LogP contribution in [0.2, 0.25) is 0 Å². The van der Waals surface area contributed by atoms with Crippen LogP contribution in [-0.4, -0.2) is 168 Å². The van der Waals surface area contributed by atoms with Gasteiger partial charge in [0.2, 0.25) is 35.4 Å². The number of carbonyl (C=O) groups excluding carboxylic acids is 8. The zero-order chi connectivity index (χ0) is 52.2. The molecule has 0 radical (unpaired) electrons. The Morgan fingerprint density at radius 2 is 0.878 bits per heavy atom. The summed E-state index contributed by atoms with van der Waals surface area (Å²) in [6, 6.07) is 20.0. The molecule has 0 bridgehead atoms. The van der Waals surface area contributed by atoms with Crippen molar-refractivity contribution in [1.82, 2.24) is 51.5 Å². The van der Waals surface area contributed by atoms with E-state index in [0.29, 0.717) is 49.9 Å². The van der Waals surface area contributed by atoms with Crippen molar-refractivity contribution < 1.29 is 38.4 Å². The first-order chi connectivity index (χ1) is 35.7. The van der Waals surface area contributed by atoms with Gasteiger partial charge in [-0.05, 0) is 115 Å². The number of likely N-dealkylation sites (N-methyl/N-ethyl adjacent to an activating group) is 2. The molecule has 2 saturated carbocycles. The SMILES string of the molecule is CN[C@@H](C)C(=O)N[C@H]1CN(C(=O)Nc2ccc(NC(=O)N3CC[C@H]4CC[C@@H](C(=O)N[C@@H]5C[C@H]5c5ccccc5)N4C(=O)[C@@H](NC(=O)[C@H](C)NC)C3)cc2)CC[C@H]2CC[C@@H](C(=O)N[C@@H]3C[C@H]3c3ccccc3)N2C1=O. The van der Waals surface area contributed by atoms with E-state index in [9.17, 15) is 38.4 Å². The molecule has 20 nitrogen and oxygen atoms in total. The maximum atomic E-state index is 14.5. The minimum absolute atomic E-state index is 0.0155. The van der Waals surface area contributed by atoms with Crippen molar-refractivity contribution in [2.45, 2.75) is 137 Å². The van der Waals surface area contributed by atoms with Gasteiger partial charge in [-0.3, -0.25) is 28.8 Å². The van der Waals surface area contributed by atoms with E-state index in [0.717, 1.165) is 24.0 Å². The second-order valence-corrected chi connectivity index (χ2v) is 20.8. The molecule has 10 amide bonds. The molecule has 74 heavy (non-hydrogen) atoms. The summed E-state index contributed by atoms with van der Waals surface area (Å²) in [5.74, 6) is -1.65. The molecule has 3 aromatic rings. The van der Waals surface area contributed by atoms with Crippen LogP contribution in [0.4, 0.5) is 21.0 Å². The lowest BCUT2D eigenvalue weighted by molar-refractivity contribution is -0.144. The highest BCUT2D eigenvalue weighted by atomic mass is 16.2. The number of amides is 10. The Balaban J connectivity index is 0.822. The van der Waals surface area contributed by atoms with E-state index in [1.54, 1.807) is 62.0 Å². The summed E-state index contributed by atoms with van der Waals surface area (Å²) in [5.41, 5.74) is 3.14. The summed E-state index contributed by atoms with van der Waals surface area (Å²) in [4.78, 5) is 117. The number of urea groups is 2. The Bertz CT molecular complexity index is 2400. The Hall–Kier alpha value is -7.06. The van der Waals surface area contributed by atoms with E-state index in [1.165, 1.54) is 9.80 Å². The first-order valence-electron chi connectivity index (χ1n) is 26.2. The molecule has 394 valence electrons. The Morgan fingerprint density at radius 3 is 1.24 bits per heavy atom. The number of benzene rings is 3. The molecule has 9 rings (SSSR count). The zero-order valence-electron chi connectivity index (χ0n) is 42.6. The summed E-state index contributed by atoms with van der Waals surface area (Å²) in [7, 11) is 3.27. The van der Waals surface area contributed by atoms with Gasteiger partial charge in [-0.1, -0.05) is 60.7 Å². The lowest BCUT2D eigenvalue weighted by Gasteiger charge is -2.39. The molecule has 12 atom stereocenters. The second kappa shape index (κ2) is 22.6. The van der Waals surface area contributed by atoms with Crippen molar-refractivity contribution in [1.29, 1.82) is 0 Å². The number of fused-ring (bicyclic) bond motifs is 2. The van der Waals surface area contributed by atoms with Gasteiger partial charge in [-0.15, -0.1) is 0 Å². The van der Waals surface area contributed by atoms with E-state index in [1.807, 2.05) is 36.4 Å². The standard InChI is InChI=1S/C54H70N12O8/c1-31(55-3)47(67)61-43-29-63(25-23-37-19-21-45(65(37)51(43)71)49(69)59-41-27-39(41)33-11-7-5-8-12-33)53(73)57-35-15-17-36(18-16-35)58-54(74)64-26-24-38-20-22-46(50(70)60-42-28-40(42)34-13-9-6-10-14-34)66(38)52(72)44(30-64)62-48(68)32(2)56-4/h5-18,31-32,37-46,55-56H,19-30H2,1-4H3,(H,57,73)(H,58,74)(H,59,69)(H,60,70)(H,61,67)(H,62,68)/t31-,32-,37+,38+,39-,40-,41+,42+,43-,44-,45-,46-/m0/s1. The molecule has 6 aliphatic rings. The van der Waals surface area contributed by atoms with E-state index >= 15 is 0 Å². The first-order valence-corrected chi connectivity index (χ1v) is 26.2. The molecule has 3 aromatic carbocycles. The van der Waals surface area contributed by atoms with Crippen LogP contribution in [0, 0.1) is 0 Å². The van der Waals surface area contributed by atoms with Crippen molar-refractivity contribution in [3.8, 4) is 0 Å². The average Bonchev–Trinajstić information content (AvgIpc) is 4.27. The van der Waals surface area contributed by atoms with Crippen LogP contribution in [0.3, 0.4) is 0 Å².